The number of aryl methyl sites for hydroxylation is 1. The molecule has 168 valence electrons. The first-order valence-corrected chi connectivity index (χ1v) is 9.90. The number of alkyl halides is 3. The molecule has 3 heterocycles. The Kier molecular flexibility index (Phi) is 6.08. The predicted octanol–water partition coefficient (Wildman–Crippen LogP) is 3.73. The molecule has 8 nitrogen and oxygen atoms in total. The van der Waals surface area contributed by atoms with Crippen LogP contribution in [0.4, 0.5) is 24.8 Å². The fraction of sp³-hybridized carbons (Fsp3) is 0.227. The highest BCUT2D eigenvalue weighted by Gasteiger charge is 2.39. The fourth-order valence-corrected chi connectivity index (χ4v) is 3.26. The molecule has 33 heavy (non-hydrogen) atoms. The smallest absolute Gasteiger partial charge is 0.321 e. The van der Waals surface area contributed by atoms with Gasteiger partial charge in [-0.15, -0.1) is 0 Å². The van der Waals surface area contributed by atoms with Crippen LogP contribution in [0.3, 0.4) is 0 Å². The molecule has 0 radical (unpaired) electrons. The van der Waals surface area contributed by atoms with Gasteiger partial charge in [-0.2, -0.15) is 18.3 Å². The molecular weight excluding hydrogens is 435 g/mol. The van der Waals surface area contributed by atoms with Crippen LogP contribution in [0.2, 0.25) is 0 Å². The minimum atomic E-state index is -4.69. The van der Waals surface area contributed by atoms with E-state index in [2.05, 4.69) is 42.2 Å². The van der Waals surface area contributed by atoms with Crippen LogP contribution in [0.25, 0.3) is 5.57 Å². The second-order valence-electron chi connectivity index (χ2n) is 7.31. The van der Waals surface area contributed by atoms with Crippen LogP contribution in [0.15, 0.2) is 70.9 Å². The lowest BCUT2D eigenvalue weighted by molar-refractivity contribution is -0.119. The van der Waals surface area contributed by atoms with Gasteiger partial charge >= 0.3 is 6.18 Å². The number of aliphatic imine (C=N–C) groups is 1. The lowest BCUT2D eigenvalue weighted by atomic mass is 9.93. The summed E-state index contributed by atoms with van der Waals surface area (Å²) < 4.78 is 40.7. The molecule has 1 amide bonds. The number of halogens is 3. The van der Waals surface area contributed by atoms with Gasteiger partial charge < -0.3 is 10.6 Å². The lowest BCUT2D eigenvalue weighted by Crippen LogP contribution is -2.35. The van der Waals surface area contributed by atoms with Crippen LogP contribution in [0.5, 0.6) is 0 Å². The van der Waals surface area contributed by atoms with Gasteiger partial charge in [-0.25, -0.2) is 15.0 Å². The number of amides is 1. The van der Waals surface area contributed by atoms with Crippen molar-refractivity contribution in [3.8, 4) is 0 Å². The monoisotopic (exact) mass is 453 g/mol. The summed E-state index contributed by atoms with van der Waals surface area (Å²) in [7, 11) is 1.81. The van der Waals surface area contributed by atoms with Gasteiger partial charge in [0.25, 0.3) is 0 Å². The van der Waals surface area contributed by atoms with Gasteiger partial charge in [0.2, 0.25) is 11.9 Å². The maximum absolute atomic E-state index is 13.0. The van der Waals surface area contributed by atoms with Gasteiger partial charge in [-0.3, -0.25) is 9.48 Å². The number of rotatable bonds is 6. The normalized spacial score (nSPS) is 15.4. The first-order chi connectivity index (χ1) is 15.8. The summed E-state index contributed by atoms with van der Waals surface area (Å²) in [5.41, 5.74) is 6.29. The van der Waals surface area contributed by atoms with E-state index in [9.17, 15) is 18.0 Å². The zero-order valence-corrected chi connectivity index (χ0v) is 17.4. The van der Waals surface area contributed by atoms with E-state index in [1.165, 1.54) is 0 Å². The summed E-state index contributed by atoms with van der Waals surface area (Å²) in [6, 6.07) is 0. The van der Waals surface area contributed by atoms with Crippen LogP contribution in [0, 0.1) is 0 Å². The quantitative estimate of drug-likeness (QED) is 0.650. The van der Waals surface area contributed by atoms with E-state index >= 15 is 0 Å². The third-order valence-corrected chi connectivity index (χ3v) is 4.83. The molecule has 0 bridgehead atoms. The Labute approximate surface area is 186 Å². The number of carbonyl (C=O) groups is 1. The van der Waals surface area contributed by atoms with Crippen LogP contribution in [-0.4, -0.2) is 37.5 Å². The maximum atomic E-state index is 13.0. The molecule has 4 rings (SSSR count). The van der Waals surface area contributed by atoms with Crippen molar-refractivity contribution >= 4 is 28.8 Å². The largest absolute Gasteiger partial charge is 0.436 e. The zero-order valence-electron chi connectivity index (χ0n) is 17.4. The molecule has 0 saturated heterocycles. The van der Waals surface area contributed by atoms with Gasteiger partial charge in [0.15, 0.2) is 5.71 Å². The molecule has 2 N–H and O–H groups in total. The van der Waals surface area contributed by atoms with Crippen molar-refractivity contribution in [3.05, 3.63) is 71.4 Å². The molecule has 1 aliphatic heterocycles. The minimum Gasteiger partial charge on any atom is -0.321 e. The number of aromatic nitrogens is 4. The van der Waals surface area contributed by atoms with Crippen LogP contribution >= 0.6 is 0 Å². The molecule has 0 fully saturated rings. The highest BCUT2D eigenvalue weighted by atomic mass is 19.4. The lowest BCUT2D eigenvalue weighted by Gasteiger charge is -2.16. The maximum Gasteiger partial charge on any atom is 0.436 e. The van der Waals surface area contributed by atoms with Crippen LogP contribution in [-0.2, 0) is 11.8 Å². The number of allylic oxidation sites excluding steroid dienone is 4. The van der Waals surface area contributed by atoms with Gasteiger partial charge in [0.1, 0.15) is 5.70 Å². The van der Waals surface area contributed by atoms with Crippen molar-refractivity contribution in [2.24, 2.45) is 12.0 Å². The van der Waals surface area contributed by atoms with Gasteiger partial charge in [-0.05, 0) is 29.9 Å². The van der Waals surface area contributed by atoms with Crippen molar-refractivity contribution in [1.82, 2.24) is 25.1 Å². The Hall–Kier alpha value is -4.20. The Morgan fingerprint density at radius 1 is 1.18 bits per heavy atom. The number of hydrogen-bond donors (Lipinski definition) is 2. The number of carbonyl (C=O) groups excluding carboxylic acids is 1. The second-order valence-corrected chi connectivity index (χ2v) is 7.31. The topological polar surface area (TPSA) is 97.1 Å². The van der Waals surface area contributed by atoms with E-state index < -0.39 is 23.5 Å². The number of anilines is 2. The Balaban J connectivity index is 1.36. The number of hydrogen-bond acceptors (Lipinski definition) is 6. The average molecular weight is 453 g/mol. The molecule has 0 saturated carbocycles. The molecule has 0 atom stereocenters. The molecule has 0 aromatic carbocycles. The Bertz CT molecular complexity index is 1270. The zero-order chi connectivity index (χ0) is 23.4. The first-order valence-electron chi connectivity index (χ1n) is 9.90. The SMILES string of the molecule is Cn1cc(Nc2ncc(C3=CC=C(CC(=O)NC4=C=C=CN=C4C(F)(F)F)CC3)cn2)cn1. The number of nitrogens with zero attached hydrogens (tertiary/aromatic N) is 5. The summed E-state index contributed by atoms with van der Waals surface area (Å²) in [5.74, 6) is -0.130. The Morgan fingerprint density at radius 3 is 2.61 bits per heavy atom. The first kappa shape index (κ1) is 22.0. The summed E-state index contributed by atoms with van der Waals surface area (Å²) >= 11 is 0. The Morgan fingerprint density at radius 2 is 1.97 bits per heavy atom. The standard InChI is InChI=1S/C22H18F3N7O/c1-32-13-17(12-29-32)30-21-27-10-16(11-28-21)15-6-4-14(5-7-15)9-19(33)31-18-3-2-8-26-20(18)22(23,24)25/h4,6,8,10-13H,5,7,9H2,1H3,(H,31,33)(H,27,28,30). The minimum absolute atomic E-state index is 0.0335. The second kappa shape index (κ2) is 9.12. The third kappa shape index (κ3) is 5.54. The van der Waals surface area contributed by atoms with E-state index in [1.807, 2.05) is 13.1 Å². The van der Waals surface area contributed by atoms with Gasteiger partial charge in [0, 0.05) is 37.6 Å². The average Bonchev–Trinajstić information content (AvgIpc) is 3.19. The van der Waals surface area contributed by atoms with Crippen molar-refractivity contribution in [2.45, 2.75) is 25.4 Å². The van der Waals surface area contributed by atoms with Gasteiger partial charge in [0.05, 0.1) is 18.1 Å². The highest BCUT2D eigenvalue weighted by molar-refractivity contribution is 6.07. The van der Waals surface area contributed by atoms with E-state index in [-0.39, 0.29) is 6.42 Å². The highest BCUT2D eigenvalue weighted by Crippen LogP contribution is 2.28. The van der Waals surface area contributed by atoms with Crippen molar-refractivity contribution in [3.63, 3.8) is 0 Å². The van der Waals surface area contributed by atoms with Crippen molar-refractivity contribution in [1.29, 1.82) is 0 Å². The third-order valence-electron chi connectivity index (χ3n) is 4.83. The fourth-order valence-electron chi connectivity index (χ4n) is 3.26. The summed E-state index contributed by atoms with van der Waals surface area (Å²) in [6.07, 6.45) is 7.91. The molecule has 1 aliphatic carbocycles. The molecule has 2 aliphatic rings. The van der Waals surface area contributed by atoms with E-state index in [0.717, 1.165) is 28.6 Å². The molecular formula is C22H18F3N7O. The summed E-state index contributed by atoms with van der Waals surface area (Å²) in [4.78, 5) is 24.1. The molecule has 2 aromatic heterocycles. The van der Waals surface area contributed by atoms with Crippen LogP contribution < -0.4 is 10.6 Å². The molecule has 0 spiro atoms. The molecule has 0 unspecified atom stereocenters. The summed E-state index contributed by atoms with van der Waals surface area (Å²) in [5, 5.41) is 9.36. The van der Waals surface area contributed by atoms with Gasteiger partial charge in [-0.1, -0.05) is 17.7 Å². The molecule has 2 aromatic rings. The van der Waals surface area contributed by atoms with E-state index in [0.29, 0.717) is 18.8 Å². The predicted molar refractivity (Wildman–Crippen MR) is 115 cm³/mol. The van der Waals surface area contributed by atoms with Crippen molar-refractivity contribution in [2.75, 3.05) is 5.32 Å². The molecule has 11 heteroatoms. The van der Waals surface area contributed by atoms with Crippen LogP contribution in [0.1, 0.15) is 24.8 Å². The van der Waals surface area contributed by atoms with E-state index in [1.54, 1.807) is 35.5 Å². The summed E-state index contributed by atoms with van der Waals surface area (Å²) in [6.45, 7) is 0. The number of nitrogens with one attached hydrogen (secondary N) is 2. The van der Waals surface area contributed by atoms with E-state index in [4.69, 9.17) is 0 Å². The van der Waals surface area contributed by atoms with Crippen molar-refractivity contribution < 1.29 is 18.0 Å².